The van der Waals surface area contributed by atoms with Crippen molar-refractivity contribution in [1.82, 2.24) is 10.4 Å². The van der Waals surface area contributed by atoms with Crippen LogP contribution in [0.1, 0.15) is 13.3 Å². The van der Waals surface area contributed by atoms with Gasteiger partial charge in [-0.2, -0.15) is 0 Å². The molecule has 2 atom stereocenters. The molecule has 0 aromatic carbocycles. The molecule has 1 aromatic rings. The van der Waals surface area contributed by atoms with E-state index in [4.69, 9.17) is 16.3 Å². The molecule has 1 saturated heterocycles. The number of nitrogens with one attached hydrogen (secondary N) is 1. The van der Waals surface area contributed by atoms with E-state index in [9.17, 15) is 14.3 Å². The molecule has 19 heavy (non-hydrogen) atoms. The van der Waals surface area contributed by atoms with E-state index < -0.39 is 24.1 Å². The van der Waals surface area contributed by atoms with Crippen molar-refractivity contribution in [2.75, 3.05) is 11.6 Å². The molecule has 1 aliphatic rings. The highest BCUT2D eigenvalue weighted by molar-refractivity contribution is 6.33. The minimum absolute atomic E-state index is 0.0382. The third-order valence-corrected chi connectivity index (χ3v) is 3.01. The Morgan fingerprint density at radius 2 is 2.53 bits per heavy atom. The smallest absolute Gasteiger partial charge is 0.330 e. The number of carbonyl (C=O) groups excluding carboxylic acids is 1. The second-order valence-electron chi connectivity index (χ2n) is 3.95. The van der Waals surface area contributed by atoms with Crippen molar-refractivity contribution in [2.45, 2.75) is 25.6 Å². The minimum Gasteiger partial charge on any atom is -0.464 e. The molecule has 2 heterocycles. The maximum Gasteiger partial charge on any atom is 0.330 e. The number of pyridine rings is 1. The largest absolute Gasteiger partial charge is 0.464 e. The van der Waals surface area contributed by atoms with Crippen LogP contribution < -0.4 is 10.4 Å². The SMILES string of the molecule is CCOC(=O)C1CC(O)NN1c1nccc(F)c1Cl. The molecule has 0 radical (unpaired) electrons. The molecule has 8 heteroatoms. The van der Waals surface area contributed by atoms with Crippen molar-refractivity contribution in [3.63, 3.8) is 0 Å². The summed E-state index contributed by atoms with van der Waals surface area (Å²) in [6, 6.07) is 0.305. The Kier molecular flexibility index (Phi) is 4.18. The Labute approximate surface area is 114 Å². The van der Waals surface area contributed by atoms with E-state index in [1.165, 1.54) is 11.2 Å². The highest BCUT2D eigenvalue weighted by Gasteiger charge is 2.39. The number of hydrazine groups is 1. The number of ether oxygens (including phenoxy) is 1. The molecule has 2 unspecified atom stereocenters. The van der Waals surface area contributed by atoms with Gasteiger partial charge in [-0.15, -0.1) is 0 Å². The van der Waals surface area contributed by atoms with Crippen molar-refractivity contribution in [2.24, 2.45) is 0 Å². The number of aliphatic hydroxyl groups is 1. The molecule has 0 spiro atoms. The normalized spacial score (nSPS) is 22.6. The number of hydrogen-bond acceptors (Lipinski definition) is 6. The zero-order chi connectivity index (χ0) is 14.0. The van der Waals surface area contributed by atoms with Crippen LogP contribution in [0.5, 0.6) is 0 Å². The third-order valence-electron chi connectivity index (χ3n) is 2.66. The van der Waals surface area contributed by atoms with Crippen LogP contribution in [0.3, 0.4) is 0 Å². The Bertz CT molecular complexity index is 488. The molecule has 1 aliphatic heterocycles. The van der Waals surface area contributed by atoms with Crippen molar-refractivity contribution in [1.29, 1.82) is 0 Å². The first-order valence-corrected chi connectivity index (χ1v) is 6.12. The van der Waals surface area contributed by atoms with E-state index in [2.05, 4.69) is 10.4 Å². The standard InChI is InChI=1S/C11H13ClFN3O3/c1-2-19-11(18)7-5-8(17)15-16(7)10-9(12)6(13)3-4-14-10/h3-4,7-8,15,17H,2,5H2,1H3. The molecular weight excluding hydrogens is 277 g/mol. The van der Waals surface area contributed by atoms with E-state index in [0.717, 1.165) is 6.07 Å². The number of aromatic nitrogens is 1. The zero-order valence-electron chi connectivity index (χ0n) is 10.1. The average molecular weight is 290 g/mol. The Balaban J connectivity index is 2.30. The predicted molar refractivity (Wildman–Crippen MR) is 65.9 cm³/mol. The Morgan fingerprint density at radius 1 is 1.79 bits per heavy atom. The molecule has 2 N–H and O–H groups in total. The number of carbonyl (C=O) groups is 1. The van der Waals surface area contributed by atoms with Gasteiger partial charge in [-0.25, -0.2) is 19.6 Å². The number of rotatable bonds is 3. The van der Waals surface area contributed by atoms with Crippen LogP contribution in [0.4, 0.5) is 10.2 Å². The van der Waals surface area contributed by atoms with Crippen molar-refractivity contribution >= 4 is 23.4 Å². The van der Waals surface area contributed by atoms with Gasteiger partial charge in [0.05, 0.1) is 6.61 Å². The lowest BCUT2D eigenvalue weighted by Gasteiger charge is -2.24. The van der Waals surface area contributed by atoms with Crippen LogP contribution >= 0.6 is 11.6 Å². The molecule has 0 saturated carbocycles. The molecular formula is C11H13ClFN3O3. The molecule has 0 bridgehead atoms. The molecule has 104 valence electrons. The summed E-state index contributed by atoms with van der Waals surface area (Å²) in [4.78, 5) is 15.7. The van der Waals surface area contributed by atoms with Gasteiger partial charge in [0.2, 0.25) is 0 Å². The summed E-state index contributed by atoms with van der Waals surface area (Å²) in [6.45, 7) is 1.89. The molecule has 2 rings (SSSR count). The van der Waals surface area contributed by atoms with Crippen LogP contribution in [-0.4, -0.2) is 34.9 Å². The number of anilines is 1. The van der Waals surface area contributed by atoms with Gasteiger partial charge in [-0.05, 0) is 13.0 Å². The number of nitrogens with zero attached hydrogens (tertiary/aromatic N) is 2. The van der Waals surface area contributed by atoms with Crippen LogP contribution in [0.25, 0.3) is 0 Å². The average Bonchev–Trinajstić information content (AvgIpc) is 2.75. The summed E-state index contributed by atoms with van der Waals surface area (Å²) in [7, 11) is 0. The third kappa shape index (κ3) is 2.78. The molecule has 6 nitrogen and oxygen atoms in total. The van der Waals surface area contributed by atoms with E-state index in [1.54, 1.807) is 6.92 Å². The first kappa shape index (κ1) is 14.0. The lowest BCUT2D eigenvalue weighted by atomic mass is 10.2. The summed E-state index contributed by atoms with van der Waals surface area (Å²) in [5, 5.41) is 10.6. The van der Waals surface area contributed by atoms with E-state index >= 15 is 0 Å². The van der Waals surface area contributed by atoms with Gasteiger partial charge in [0, 0.05) is 12.6 Å². The van der Waals surface area contributed by atoms with Crippen LogP contribution in [0.2, 0.25) is 5.02 Å². The first-order valence-electron chi connectivity index (χ1n) is 5.74. The van der Waals surface area contributed by atoms with Crippen molar-refractivity contribution in [3.05, 3.63) is 23.1 Å². The summed E-state index contributed by atoms with van der Waals surface area (Å²) in [5.74, 6) is -1.15. The fourth-order valence-electron chi connectivity index (χ4n) is 1.85. The van der Waals surface area contributed by atoms with E-state index in [1.807, 2.05) is 0 Å². The number of halogens is 2. The summed E-state index contributed by atoms with van der Waals surface area (Å²) in [5.41, 5.74) is 2.60. The fraction of sp³-hybridized carbons (Fsp3) is 0.455. The van der Waals surface area contributed by atoms with Crippen LogP contribution in [-0.2, 0) is 9.53 Å². The second kappa shape index (κ2) is 5.68. The number of aliphatic hydroxyl groups excluding tert-OH is 1. The highest BCUT2D eigenvalue weighted by Crippen LogP contribution is 2.29. The number of esters is 1. The van der Waals surface area contributed by atoms with Crippen molar-refractivity contribution < 1.29 is 19.0 Å². The molecule has 0 amide bonds. The fourth-order valence-corrected chi connectivity index (χ4v) is 2.05. The summed E-state index contributed by atoms with van der Waals surface area (Å²) in [6.07, 6.45) is 0.383. The van der Waals surface area contributed by atoms with Gasteiger partial charge in [-0.1, -0.05) is 11.6 Å². The van der Waals surface area contributed by atoms with Gasteiger partial charge in [0.25, 0.3) is 0 Å². The maximum atomic E-state index is 13.4. The zero-order valence-corrected chi connectivity index (χ0v) is 10.9. The lowest BCUT2D eigenvalue weighted by Crippen LogP contribution is -2.44. The number of hydrogen-bond donors (Lipinski definition) is 2. The quantitative estimate of drug-likeness (QED) is 0.803. The van der Waals surface area contributed by atoms with Crippen LogP contribution in [0, 0.1) is 5.82 Å². The topological polar surface area (TPSA) is 74.7 Å². The van der Waals surface area contributed by atoms with Gasteiger partial charge in [-0.3, -0.25) is 5.01 Å². The highest BCUT2D eigenvalue weighted by atomic mass is 35.5. The maximum absolute atomic E-state index is 13.4. The van der Waals surface area contributed by atoms with Crippen molar-refractivity contribution in [3.8, 4) is 0 Å². The van der Waals surface area contributed by atoms with E-state index in [-0.39, 0.29) is 23.9 Å². The molecule has 1 aromatic heterocycles. The van der Waals surface area contributed by atoms with Gasteiger partial charge in [0.1, 0.15) is 23.1 Å². The predicted octanol–water partition coefficient (Wildman–Crippen LogP) is 0.839. The second-order valence-corrected chi connectivity index (χ2v) is 4.33. The van der Waals surface area contributed by atoms with Crippen LogP contribution in [0.15, 0.2) is 12.3 Å². The Morgan fingerprint density at radius 3 is 3.21 bits per heavy atom. The Hall–Kier alpha value is -1.44. The molecule has 0 aliphatic carbocycles. The van der Waals surface area contributed by atoms with Gasteiger partial charge < -0.3 is 9.84 Å². The van der Waals surface area contributed by atoms with E-state index in [0.29, 0.717) is 0 Å². The lowest BCUT2D eigenvalue weighted by molar-refractivity contribution is -0.144. The first-order chi connectivity index (χ1) is 9.04. The minimum atomic E-state index is -0.949. The summed E-state index contributed by atoms with van der Waals surface area (Å²) >= 11 is 5.82. The van der Waals surface area contributed by atoms with Gasteiger partial charge >= 0.3 is 5.97 Å². The summed E-state index contributed by atoms with van der Waals surface area (Å²) < 4.78 is 18.3. The molecule has 1 fully saturated rings. The van der Waals surface area contributed by atoms with Gasteiger partial charge in [0.15, 0.2) is 5.82 Å². The monoisotopic (exact) mass is 289 g/mol.